The summed E-state index contributed by atoms with van der Waals surface area (Å²) in [6.07, 6.45) is 8.97. The summed E-state index contributed by atoms with van der Waals surface area (Å²) in [4.78, 5) is 5.40. The summed E-state index contributed by atoms with van der Waals surface area (Å²) in [6.45, 7) is 0.513. The molecule has 1 aliphatic carbocycles. The van der Waals surface area contributed by atoms with Crippen molar-refractivity contribution in [2.75, 3.05) is 0 Å². The monoisotopic (exact) mass is 291 g/mol. The van der Waals surface area contributed by atoms with Crippen LogP contribution in [0.2, 0.25) is 0 Å². The number of rotatable bonds is 5. The van der Waals surface area contributed by atoms with E-state index in [1.54, 1.807) is 0 Å². The van der Waals surface area contributed by atoms with E-state index < -0.39 is 0 Å². The molecule has 0 aliphatic heterocycles. The highest BCUT2D eigenvalue weighted by molar-refractivity contribution is 5.78. The minimum atomic E-state index is 0.513. The Morgan fingerprint density at radius 2 is 1.68 bits per heavy atom. The van der Waals surface area contributed by atoms with Crippen molar-refractivity contribution in [3.63, 3.8) is 0 Å². The number of oxime groups is 1. The van der Waals surface area contributed by atoms with E-state index in [1.165, 1.54) is 36.0 Å². The first-order valence-electron chi connectivity index (χ1n) is 7.90. The fourth-order valence-electron chi connectivity index (χ4n) is 2.62. The molecule has 0 saturated carbocycles. The molecule has 3 rings (SSSR count). The van der Waals surface area contributed by atoms with Crippen molar-refractivity contribution in [2.45, 2.75) is 32.3 Å². The van der Waals surface area contributed by atoms with Crippen LogP contribution in [0.4, 0.5) is 0 Å². The van der Waals surface area contributed by atoms with Crippen molar-refractivity contribution in [3.05, 3.63) is 71.8 Å². The second-order valence-electron chi connectivity index (χ2n) is 5.60. The van der Waals surface area contributed by atoms with Gasteiger partial charge in [-0.05, 0) is 47.9 Å². The van der Waals surface area contributed by atoms with Gasteiger partial charge in [-0.3, -0.25) is 0 Å². The van der Waals surface area contributed by atoms with Crippen LogP contribution in [0.25, 0.3) is 11.1 Å². The molecular formula is C20H21NO. The average Bonchev–Trinajstić information content (AvgIpc) is 2.61. The maximum absolute atomic E-state index is 5.40. The molecular weight excluding hydrogens is 270 g/mol. The first kappa shape index (κ1) is 14.6. The second-order valence-corrected chi connectivity index (χ2v) is 5.60. The first-order chi connectivity index (χ1) is 10.9. The molecule has 2 aromatic carbocycles. The van der Waals surface area contributed by atoms with E-state index in [9.17, 15) is 0 Å². The van der Waals surface area contributed by atoms with Crippen molar-refractivity contribution in [1.29, 1.82) is 0 Å². The quantitative estimate of drug-likeness (QED) is 0.537. The molecule has 112 valence electrons. The zero-order valence-corrected chi connectivity index (χ0v) is 12.7. The van der Waals surface area contributed by atoms with E-state index in [0.717, 1.165) is 12.0 Å². The number of nitrogens with zero attached hydrogens (tertiary/aromatic N) is 1. The molecule has 0 heterocycles. The normalized spacial score (nSPS) is 14.8. The van der Waals surface area contributed by atoms with Gasteiger partial charge in [0.25, 0.3) is 0 Å². The Hall–Kier alpha value is -2.35. The van der Waals surface area contributed by atoms with Crippen LogP contribution in [0.3, 0.4) is 0 Å². The molecule has 0 atom stereocenters. The van der Waals surface area contributed by atoms with E-state index in [2.05, 4.69) is 59.8 Å². The van der Waals surface area contributed by atoms with Gasteiger partial charge >= 0.3 is 0 Å². The van der Waals surface area contributed by atoms with Crippen molar-refractivity contribution >= 4 is 6.21 Å². The summed E-state index contributed by atoms with van der Waals surface area (Å²) in [5.41, 5.74) is 4.89. The molecule has 1 aliphatic rings. The summed E-state index contributed by atoms with van der Waals surface area (Å²) < 4.78 is 0. The minimum Gasteiger partial charge on any atom is -0.391 e. The fourth-order valence-corrected chi connectivity index (χ4v) is 2.62. The molecule has 0 spiro atoms. The Labute approximate surface area is 132 Å². The Morgan fingerprint density at radius 1 is 0.909 bits per heavy atom. The van der Waals surface area contributed by atoms with Gasteiger partial charge in [0, 0.05) is 0 Å². The van der Waals surface area contributed by atoms with Crippen LogP contribution >= 0.6 is 0 Å². The molecule has 0 aromatic heterocycles. The number of benzene rings is 2. The Kier molecular flexibility index (Phi) is 5.04. The van der Waals surface area contributed by atoms with Gasteiger partial charge in [-0.1, -0.05) is 65.8 Å². The predicted octanol–water partition coefficient (Wildman–Crippen LogP) is 5.36. The van der Waals surface area contributed by atoms with Gasteiger partial charge in [0.1, 0.15) is 6.61 Å². The molecule has 0 saturated heterocycles. The van der Waals surface area contributed by atoms with Crippen LogP contribution in [0.15, 0.2) is 71.4 Å². The SMILES string of the molecule is C(=NOCc1ccc(-c2ccccc2)cc1)C1=CCCCC1. The summed E-state index contributed by atoms with van der Waals surface area (Å²) in [5, 5.41) is 4.08. The Bertz CT molecular complexity index is 641. The Balaban J connectivity index is 1.53. The zero-order chi connectivity index (χ0) is 15.0. The maximum atomic E-state index is 5.40. The molecule has 0 bridgehead atoms. The Morgan fingerprint density at radius 3 is 2.41 bits per heavy atom. The van der Waals surface area contributed by atoms with E-state index >= 15 is 0 Å². The molecule has 0 N–H and O–H groups in total. The van der Waals surface area contributed by atoms with Gasteiger partial charge < -0.3 is 4.84 Å². The highest BCUT2D eigenvalue weighted by Gasteiger charge is 2.01. The third-order valence-corrected chi connectivity index (χ3v) is 3.91. The molecule has 2 heteroatoms. The number of allylic oxidation sites excluding steroid dienone is 2. The van der Waals surface area contributed by atoms with E-state index in [0.29, 0.717) is 6.61 Å². The van der Waals surface area contributed by atoms with Crippen LogP contribution in [0, 0.1) is 0 Å². The fraction of sp³-hybridized carbons (Fsp3) is 0.250. The van der Waals surface area contributed by atoms with Gasteiger partial charge in [-0.15, -0.1) is 0 Å². The third kappa shape index (κ3) is 4.08. The maximum Gasteiger partial charge on any atom is 0.142 e. The van der Waals surface area contributed by atoms with Crippen molar-refractivity contribution in [3.8, 4) is 11.1 Å². The van der Waals surface area contributed by atoms with Crippen LogP contribution < -0.4 is 0 Å². The summed E-state index contributed by atoms with van der Waals surface area (Å²) >= 11 is 0. The van der Waals surface area contributed by atoms with Gasteiger partial charge in [0.2, 0.25) is 0 Å². The standard InChI is InChI=1S/C20H21NO/c1-3-7-17(8-4-1)15-21-22-16-18-11-13-20(14-12-18)19-9-5-2-6-10-19/h2,5-7,9-15H,1,3-4,8,16H2. The highest BCUT2D eigenvalue weighted by atomic mass is 16.6. The minimum absolute atomic E-state index is 0.513. The lowest BCUT2D eigenvalue weighted by atomic mass is 10.0. The molecule has 0 unspecified atom stereocenters. The molecule has 0 radical (unpaired) electrons. The molecule has 0 amide bonds. The van der Waals surface area contributed by atoms with Gasteiger partial charge in [0.15, 0.2) is 0 Å². The number of hydrogen-bond donors (Lipinski definition) is 0. The van der Waals surface area contributed by atoms with Crippen LogP contribution in [-0.2, 0) is 11.4 Å². The summed E-state index contributed by atoms with van der Waals surface area (Å²) in [5.74, 6) is 0. The lowest BCUT2D eigenvalue weighted by Crippen LogP contribution is -1.94. The van der Waals surface area contributed by atoms with Gasteiger partial charge in [-0.2, -0.15) is 0 Å². The zero-order valence-electron chi connectivity index (χ0n) is 12.7. The van der Waals surface area contributed by atoms with Crippen LogP contribution in [0.1, 0.15) is 31.2 Å². The lowest BCUT2D eigenvalue weighted by molar-refractivity contribution is 0.132. The topological polar surface area (TPSA) is 21.6 Å². The highest BCUT2D eigenvalue weighted by Crippen LogP contribution is 2.19. The smallest absolute Gasteiger partial charge is 0.142 e. The van der Waals surface area contributed by atoms with Crippen molar-refractivity contribution in [2.24, 2.45) is 5.16 Å². The summed E-state index contributed by atoms with van der Waals surface area (Å²) in [7, 11) is 0. The van der Waals surface area contributed by atoms with Crippen molar-refractivity contribution in [1.82, 2.24) is 0 Å². The largest absolute Gasteiger partial charge is 0.391 e. The van der Waals surface area contributed by atoms with E-state index in [1.807, 2.05) is 12.3 Å². The molecule has 2 aromatic rings. The van der Waals surface area contributed by atoms with Gasteiger partial charge in [-0.25, -0.2) is 0 Å². The predicted molar refractivity (Wildman–Crippen MR) is 91.7 cm³/mol. The molecule has 0 fully saturated rings. The van der Waals surface area contributed by atoms with Crippen molar-refractivity contribution < 1.29 is 4.84 Å². The van der Waals surface area contributed by atoms with E-state index in [4.69, 9.17) is 4.84 Å². The third-order valence-electron chi connectivity index (χ3n) is 3.91. The van der Waals surface area contributed by atoms with Gasteiger partial charge in [0.05, 0.1) is 6.21 Å². The second kappa shape index (κ2) is 7.60. The molecule has 2 nitrogen and oxygen atoms in total. The molecule has 22 heavy (non-hydrogen) atoms. The number of hydrogen-bond acceptors (Lipinski definition) is 2. The average molecular weight is 291 g/mol. The summed E-state index contributed by atoms with van der Waals surface area (Å²) in [6, 6.07) is 18.8. The van der Waals surface area contributed by atoms with Crippen LogP contribution in [-0.4, -0.2) is 6.21 Å². The van der Waals surface area contributed by atoms with E-state index in [-0.39, 0.29) is 0 Å². The lowest BCUT2D eigenvalue weighted by Gasteiger charge is -2.07. The van der Waals surface area contributed by atoms with Crippen LogP contribution in [0.5, 0.6) is 0 Å². The first-order valence-corrected chi connectivity index (χ1v) is 7.90.